The SMILES string of the molecule is O=C(NC1CCCN1c1cc(Cl)cc[n+]1[O-])c1cc(C(F)(F)F)cc(C(F)(F)F)c1. The average Bonchev–Trinajstić information content (AvgIpc) is 3.09. The number of halogens is 7. The second-order valence-electron chi connectivity index (χ2n) is 6.65. The maximum absolute atomic E-state index is 13.0. The Morgan fingerprint density at radius 1 is 1.10 bits per heavy atom. The van der Waals surface area contributed by atoms with Crippen LogP contribution in [0.5, 0.6) is 0 Å². The van der Waals surface area contributed by atoms with Gasteiger partial charge in [0, 0.05) is 18.1 Å². The van der Waals surface area contributed by atoms with Crippen LogP contribution in [0.15, 0.2) is 36.5 Å². The lowest BCUT2D eigenvalue weighted by Gasteiger charge is -2.23. The van der Waals surface area contributed by atoms with Gasteiger partial charge < -0.3 is 10.5 Å². The number of nitrogens with one attached hydrogen (secondary N) is 1. The molecule has 1 aliphatic rings. The first-order valence-electron chi connectivity index (χ1n) is 8.62. The van der Waals surface area contributed by atoms with Crippen LogP contribution in [-0.2, 0) is 12.4 Å². The number of alkyl halides is 6. The van der Waals surface area contributed by atoms with E-state index in [0.29, 0.717) is 36.2 Å². The van der Waals surface area contributed by atoms with E-state index in [0.717, 1.165) is 6.20 Å². The van der Waals surface area contributed by atoms with Gasteiger partial charge in [-0.25, -0.2) is 9.63 Å². The Balaban J connectivity index is 1.90. The lowest BCUT2D eigenvalue weighted by atomic mass is 10.0. The summed E-state index contributed by atoms with van der Waals surface area (Å²) in [5.41, 5.74) is -3.96. The third kappa shape index (κ3) is 4.72. The monoisotopic (exact) mass is 453 g/mol. The summed E-state index contributed by atoms with van der Waals surface area (Å²) in [4.78, 5) is 14.0. The van der Waals surface area contributed by atoms with Crippen molar-refractivity contribution in [2.75, 3.05) is 11.4 Å². The zero-order chi connectivity index (χ0) is 22.3. The molecule has 1 saturated heterocycles. The molecule has 1 aromatic heterocycles. The maximum atomic E-state index is 13.0. The molecule has 30 heavy (non-hydrogen) atoms. The molecule has 0 bridgehead atoms. The average molecular weight is 454 g/mol. The summed E-state index contributed by atoms with van der Waals surface area (Å²) in [6.07, 6.45) is -8.91. The van der Waals surface area contributed by atoms with E-state index in [4.69, 9.17) is 11.6 Å². The van der Waals surface area contributed by atoms with Crippen LogP contribution in [0, 0.1) is 5.21 Å². The van der Waals surface area contributed by atoms with Gasteiger partial charge in [-0.2, -0.15) is 26.3 Å². The lowest BCUT2D eigenvalue weighted by molar-refractivity contribution is -0.592. The number of benzene rings is 1. The van der Waals surface area contributed by atoms with Crippen molar-refractivity contribution >= 4 is 23.3 Å². The number of rotatable bonds is 3. The number of pyridine rings is 1. The number of carbonyl (C=O) groups is 1. The van der Waals surface area contributed by atoms with Crippen molar-refractivity contribution in [3.63, 3.8) is 0 Å². The first-order valence-corrected chi connectivity index (χ1v) is 9.00. The minimum absolute atomic E-state index is 0.0506. The van der Waals surface area contributed by atoms with E-state index >= 15 is 0 Å². The highest BCUT2D eigenvalue weighted by molar-refractivity contribution is 6.30. The van der Waals surface area contributed by atoms with Crippen molar-refractivity contribution in [3.05, 3.63) is 63.4 Å². The standard InChI is InChI=1S/C18H14ClF6N3O2/c19-13-3-5-28(30)15(9-13)27-4-1-2-14(27)26-16(29)10-6-11(17(20,21)22)8-12(7-10)18(23,24)25/h3,5-9,14H,1-2,4H2,(H,26,29). The zero-order valence-electron chi connectivity index (χ0n) is 15.0. The van der Waals surface area contributed by atoms with Crippen LogP contribution in [-0.4, -0.2) is 18.6 Å². The normalized spacial score (nSPS) is 17.3. The molecule has 0 spiro atoms. The summed E-state index contributed by atoms with van der Waals surface area (Å²) in [5, 5.41) is 14.7. The van der Waals surface area contributed by atoms with Gasteiger partial charge in [0.15, 0.2) is 6.17 Å². The Bertz CT molecular complexity index is 932. The minimum atomic E-state index is -5.06. The van der Waals surface area contributed by atoms with Crippen molar-refractivity contribution in [1.82, 2.24) is 5.32 Å². The number of nitrogens with zero attached hydrogens (tertiary/aromatic N) is 2. The van der Waals surface area contributed by atoms with Crippen molar-refractivity contribution in [2.24, 2.45) is 0 Å². The summed E-state index contributed by atoms with van der Waals surface area (Å²) < 4.78 is 78.6. The van der Waals surface area contributed by atoms with E-state index in [1.165, 1.54) is 17.0 Å². The highest BCUT2D eigenvalue weighted by Gasteiger charge is 2.39. The van der Waals surface area contributed by atoms with Crippen molar-refractivity contribution in [3.8, 4) is 0 Å². The maximum Gasteiger partial charge on any atom is 0.416 e. The molecule has 5 nitrogen and oxygen atoms in total. The molecule has 0 aliphatic carbocycles. The van der Waals surface area contributed by atoms with E-state index in [1.54, 1.807) is 0 Å². The Morgan fingerprint density at radius 3 is 2.27 bits per heavy atom. The Kier molecular flexibility index (Phi) is 5.76. The number of aromatic nitrogens is 1. The third-order valence-electron chi connectivity index (χ3n) is 4.56. The molecular formula is C18H14ClF6N3O2. The second-order valence-corrected chi connectivity index (χ2v) is 7.08. The predicted molar refractivity (Wildman–Crippen MR) is 94.7 cm³/mol. The van der Waals surface area contributed by atoms with E-state index in [9.17, 15) is 36.3 Å². The van der Waals surface area contributed by atoms with Gasteiger partial charge in [0.05, 0.1) is 28.9 Å². The fraction of sp³-hybridized carbons (Fsp3) is 0.333. The van der Waals surface area contributed by atoms with E-state index in [-0.39, 0.29) is 16.9 Å². The summed E-state index contributed by atoms with van der Waals surface area (Å²) >= 11 is 5.89. The summed E-state index contributed by atoms with van der Waals surface area (Å²) in [6, 6.07) is 3.37. The molecule has 1 N–H and O–H groups in total. The summed E-state index contributed by atoms with van der Waals surface area (Å²) in [6.45, 7) is 0.337. The van der Waals surface area contributed by atoms with Gasteiger partial charge in [0.25, 0.3) is 11.7 Å². The molecule has 2 aromatic rings. The molecule has 162 valence electrons. The van der Waals surface area contributed by atoms with Crippen LogP contribution < -0.4 is 14.9 Å². The summed E-state index contributed by atoms with van der Waals surface area (Å²) in [5.74, 6) is -1.02. The molecule has 1 fully saturated rings. The molecule has 1 unspecified atom stereocenters. The molecule has 12 heteroatoms. The van der Waals surface area contributed by atoms with Crippen molar-refractivity contribution in [1.29, 1.82) is 0 Å². The highest BCUT2D eigenvalue weighted by Crippen LogP contribution is 2.36. The van der Waals surface area contributed by atoms with Crippen molar-refractivity contribution in [2.45, 2.75) is 31.4 Å². The minimum Gasteiger partial charge on any atom is -0.711 e. The smallest absolute Gasteiger partial charge is 0.416 e. The van der Waals surface area contributed by atoms with Gasteiger partial charge in [0.1, 0.15) is 0 Å². The van der Waals surface area contributed by atoms with Gasteiger partial charge in [-0.15, -0.1) is 0 Å². The van der Waals surface area contributed by atoms with Crippen molar-refractivity contribution < 1.29 is 35.9 Å². The van der Waals surface area contributed by atoms with E-state index in [2.05, 4.69) is 5.32 Å². The second kappa shape index (κ2) is 7.86. The molecule has 1 amide bonds. The molecule has 0 radical (unpaired) electrons. The molecule has 1 aromatic carbocycles. The van der Waals surface area contributed by atoms with Gasteiger partial charge in [-0.3, -0.25) is 4.79 Å². The van der Waals surface area contributed by atoms with Crippen LogP contribution in [0.4, 0.5) is 32.2 Å². The lowest BCUT2D eigenvalue weighted by Crippen LogP contribution is -2.48. The van der Waals surface area contributed by atoms with Gasteiger partial charge in [0.2, 0.25) is 0 Å². The van der Waals surface area contributed by atoms with Gasteiger partial charge >= 0.3 is 12.4 Å². The van der Waals surface area contributed by atoms with Gasteiger partial charge in [-0.05, 0) is 30.7 Å². The van der Waals surface area contributed by atoms with Gasteiger partial charge in [-0.1, -0.05) is 11.6 Å². The fourth-order valence-electron chi connectivity index (χ4n) is 3.17. The molecular weight excluding hydrogens is 440 g/mol. The molecule has 1 atom stereocenters. The first kappa shape index (κ1) is 22.0. The molecule has 2 heterocycles. The molecule has 3 rings (SSSR count). The number of amides is 1. The molecule has 0 saturated carbocycles. The number of hydrogen-bond acceptors (Lipinski definition) is 3. The first-order chi connectivity index (χ1) is 13.9. The number of carbonyl (C=O) groups excluding carboxylic acids is 1. The predicted octanol–water partition coefficient (Wildman–Crippen LogP) is 4.37. The summed E-state index contributed by atoms with van der Waals surface area (Å²) in [7, 11) is 0. The Labute approximate surface area is 171 Å². The largest absolute Gasteiger partial charge is 0.711 e. The van der Waals surface area contributed by atoms with Crippen LogP contribution in [0.2, 0.25) is 5.02 Å². The topological polar surface area (TPSA) is 59.3 Å². The van der Waals surface area contributed by atoms with Crippen LogP contribution in [0.1, 0.15) is 34.3 Å². The van der Waals surface area contributed by atoms with E-state index < -0.39 is 41.1 Å². The van der Waals surface area contributed by atoms with Crippen LogP contribution >= 0.6 is 11.6 Å². The van der Waals surface area contributed by atoms with Crippen LogP contribution in [0.3, 0.4) is 0 Å². The third-order valence-corrected chi connectivity index (χ3v) is 4.79. The number of hydrogen-bond donors (Lipinski definition) is 1. The quantitative estimate of drug-likeness (QED) is 0.426. The Morgan fingerprint density at radius 2 is 1.70 bits per heavy atom. The zero-order valence-corrected chi connectivity index (χ0v) is 15.8. The Hall–Kier alpha value is -2.69. The van der Waals surface area contributed by atoms with Crippen LogP contribution in [0.25, 0.3) is 0 Å². The fourth-order valence-corrected chi connectivity index (χ4v) is 3.33. The number of anilines is 1. The molecule has 1 aliphatic heterocycles. The van der Waals surface area contributed by atoms with E-state index in [1.807, 2.05) is 0 Å². The highest BCUT2D eigenvalue weighted by atomic mass is 35.5.